The van der Waals surface area contributed by atoms with Gasteiger partial charge in [-0.1, -0.05) is 6.92 Å². The van der Waals surface area contributed by atoms with Crippen LogP contribution < -0.4 is 5.73 Å². The van der Waals surface area contributed by atoms with E-state index in [2.05, 4.69) is 18.9 Å². The van der Waals surface area contributed by atoms with Crippen molar-refractivity contribution in [2.45, 2.75) is 19.8 Å². The first kappa shape index (κ1) is 11.4. The van der Waals surface area contributed by atoms with Crippen molar-refractivity contribution in [3.63, 3.8) is 0 Å². The van der Waals surface area contributed by atoms with E-state index in [1.54, 1.807) is 0 Å². The topological polar surface area (TPSA) is 38.5 Å². The van der Waals surface area contributed by atoms with Gasteiger partial charge in [0.05, 0.1) is 6.61 Å². The zero-order chi connectivity index (χ0) is 10.9. The van der Waals surface area contributed by atoms with Crippen LogP contribution in [0.15, 0.2) is 0 Å². The third kappa shape index (κ3) is 2.71. The van der Waals surface area contributed by atoms with Gasteiger partial charge in [-0.15, -0.1) is 0 Å². The molecule has 3 unspecified atom stereocenters. The first-order valence-electron chi connectivity index (χ1n) is 6.11. The predicted octanol–water partition coefficient (Wildman–Crippen LogP) is 0.940. The van der Waals surface area contributed by atoms with Crippen LogP contribution in [0.25, 0.3) is 0 Å². The van der Waals surface area contributed by atoms with Crippen molar-refractivity contribution in [3.8, 4) is 0 Å². The SMILES string of the molecule is CC1CC1CN(C)CC1(CN)CCOC1. The van der Waals surface area contributed by atoms with Crippen molar-refractivity contribution in [1.82, 2.24) is 4.90 Å². The first-order chi connectivity index (χ1) is 7.15. The molecule has 0 spiro atoms. The molecule has 0 bridgehead atoms. The van der Waals surface area contributed by atoms with Crippen molar-refractivity contribution in [1.29, 1.82) is 0 Å². The molecule has 88 valence electrons. The molecule has 2 N–H and O–H groups in total. The van der Waals surface area contributed by atoms with E-state index in [1.165, 1.54) is 13.0 Å². The molecule has 1 saturated heterocycles. The summed E-state index contributed by atoms with van der Waals surface area (Å²) in [6.45, 7) is 7.20. The van der Waals surface area contributed by atoms with Gasteiger partial charge in [0.1, 0.15) is 0 Å². The third-order valence-electron chi connectivity index (χ3n) is 4.05. The van der Waals surface area contributed by atoms with Crippen LogP contribution >= 0.6 is 0 Å². The van der Waals surface area contributed by atoms with E-state index in [4.69, 9.17) is 10.5 Å². The summed E-state index contributed by atoms with van der Waals surface area (Å²) in [4.78, 5) is 2.45. The quantitative estimate of drug-likeness (QED) is 0.737. The number of nitrogens with zero attached hydrogens (tertiary/aromatic N) is 1. The molecule has 3 heteroatoms. The second-order valence-corrected chi connectivity index (χ2v) is 5.68. The molecule has 2 aliphatic rings. The van der Waals surface area contributed by atoms with E-state index in [9.17, 15) is 0 Å². The summed E-state index contributed by atoms with van der Waals surface area (Å²) in [6, 6.07) is 0. The second kappa shape index (κ2) is 4.40. The average molecular weight is 212 g/mol. The molecule has 1 aliphatic heterocycles. The summed E-state index contributed by atoms with van der Waals surface area (Å²) in [6.07, 6.45) is 2.55. The minimum absolute atomic E-state index is 0.243. The Kier molecular flexibility index (Phi) is 3.33. The zero-order valence-electron chi connectivity index (χ0n) is 10.0. The fourth-order valence-electron chi connectivity index (χ4n) is 2.69. The highest BCUT2D eigenvalue weighted by Gasteiger charge is 2.37. The lowest BCUT2D eigenvalue weighted by Gasteiger charge is -2.31. The van der Waals surface area contributed by atoms with Crippen molar-refractivity contribution in [2.75, 3.05) is 39.9 Å². The predicted molar refractivity (Wildman–Crippen MR) is 61.7 cm³/mol. The van der Waals surface area contributed by atoms with E-state index in [0.29, 0.717) is 0 Å². The third-order valence-corrected chi connectivity index (χ3v) is 4.05. The second-order valence-electron chi connectivity index (χ2n) is 5.68. The van der Waals surface area contributed by atoms with Crippen LogP contribution in [0.2, 0.25) is 0 Å². The van der Waals surface area contributed by atoms with Crippen LogP contribution in [0.5, 0.6) is 0 Å². The Hall–Kier alpha value is -0.120. The zero-order valence-corrected chi connectivity index (χ0v) is 10.0. The van der Waals surface area contributed by atoms with Crippen LogP contribution in [0.4, 0.5) is 0 Å². The Morgan fingerprint density at radius 2 is 2.27 bits per heavy atom. The van der Waals surface area contributed by atoms with E-state index >= 15 is 0 Å². The first-order valence-corrected chi connectivity index (χ1v) is 6.11. The van der Waals surface area contributed by atoms with Gasteiger partial charge in [0.25, 0.3) is 0 Å². The number of nitrogens with two attached hydrogens (primary N) is 1. The maximum atomic E-state index is 5.88. The Balaban J connectivity index is 1.78. The molecule has 1 heterocycles. The monoisotopic (exact) mass is 212 g/mol. The van der Waals surface area contributed by atoms with Gasteiger partial charge in [-0.2, -0.15) is 0 Å². The standard InChI is InChI=1S/C12H24N2O/c1-10-5-11(10)6-14(2)8-12(7-13)3-4-15-9-12/h10-11H,3-9,13H2,1-2H3. The molecule has 0 radical (unpaired) electrons. The highest BCUT2D eigenvalue weighted by Crippen LogP contribution is 2.38. The smallest absolute Gasteiger partial charge is 0.0547 e. The van der Waals surface area contributed by atoms with E-state index in [1.807, 2.05) is 0 Å². The largest absolute Gasteiger partial charge is 0.381 e. The van der Waals surface area contributed by atoms with Gasteiger partial charge in [0.15, 0.2) is 0 Å². The summed E-state index contributed by atoms with van der Waals surface area (Å²) in [7, 11) is 2.22. The van der Waals surface area contributed by atoms with Gasteiger partial charge >= 0.3 is 0 Å². The molecular formula is C12H24N2O. The molecule has 0 amide bonds. The van der Waals surface area contributed by atoms with Crippen molar-refractivity contribution >= 4 is 0 Å². The normalized spacial score (nSPS) is 40.0. The number of hydrogen-bond acceptors (Lipinski definition) is 3. The van der Waals surface area contributed by atoms with E-state index < -0.39 is 0 Å². The minimum atomic E-state index is 0.243. The summed E-state index contributed by atoms with van der Waals surface area (Å²) >= 11 is 0. The minimum Gasteiger partial charge on any atom is -0.381 e. The summed E-state index contributed by atoms with van der Waals surface area (Å²) in [5.41, 5.74) is 6.13. The van der Waals surface area contributed by atoms with Crippen LogP contribution in [0.1, 0.15) is 19.8 Å². The van der Waals surface area contributed by atoms with Gasteiger partial charge in [0, 0.05) is 31.7 Å². The molecule has 1 aliphatic carbocycles. The van der Waals surface area contributed by atoms with E-state index in [0.717, 1.165) is 44.6 Å². The van der Waals surface area contributed by atoms with Gasteiger partial charge in [-0.3, -0.25) is 0 Å². The molecule has 0 aromatic carbocycles. The summed E-state index contributed by atoms with van der Waals surface area (Å²) in [5.74, 6) is 1.88. The van der Waals surface area contributed by atoms with Gasteiger partial charge in [-0.05, 0) is 31.7 Å². The Bertz CT molecular complexity index is 214. The van der Waals surface area contributed by atoms with Crippen molar-refractivity contribution in [2.24, 2.45) is 23.0 Å². The fourth-order valence-corrected chi connectivity index (χ4v) is 2.69. The molecule has 0 aromatic rings. The lowest BCUT2D eigenvalue weighted by atomic mass is 9.87. The van der Waals surface area contributed by atoms with Crippen LogP contribution in [-0.2, 0) is 4.74 Å². The Labute approximate surface area is 93.0 Å². The van der Waals surface area contributed by atoms with Gasteiger partial charge in [-0.25, -0.2) is 0 Å². The van der Waals surface area contributed by atoms with Crippen LogP contribution in [-0.4, -0.2) is 44.8 Å². The highest BCUT2D eigenvalue weighted by atomic mass is 16.5. The number of hydrogen-bond donors (Lipinski definition) is 1. The van der Waals surface area contributed by atoms with E-state index in [-0.39, 0.29) is 5.41 Å². The lowest BCUT2D eigenvalue weighted by molar-refractivity contribution is 0.123. The molecule has 3 atom stereocenters. The fraction of sp³-hybridized carbons (Fsp3) is 1.00. The maximum Gasteiger partial charge on any atom is 0.0547 e. The van der Waals surface area contributed by atoms with Crippen LogP contribution in [0.3, 0.4) is 0 Å². The van der Waals surface area contributed by atoms with Gasteiger partial charge in [0.2, 0.25) is 0 Å². The maximum absolute atomic E-state index is 5.88. The number of rotatable bonds is 5. The molecular weight excluding hydrogens is 188 g/mol. The Morgan fingerprint density at radius 1 is 1.53 bits per heavy atom. The van der Waals surface area contributed by atoms with Crippen LogP contribution in [0, 0.1) is 17.3 Å². The number of ether oxygens (including phenoxy) is 1. The van der Waals surface area contributed by atoms with Gasteiger partial charge < -0.3 is 15.4 Å². The molecule has 3 nitrogen and oxygen atoms in total. The lowest BCUT2D eigenvalue weighted by Crippen LogP contribution is -2.42. The average Bonchev–Trinajstić information content (AvgIpc) is 2.71. The summed E-state index contributed by atoms with van der Waals surface area (Å²) in [5, 5.41) is 0. The Morgan fingerprint density at radius 3 is 2.73 bits per heavy atom. The molecule has 15 heavy (non-hydrogen) atoms. The molecule has 1 saturated carbocycles. The highest BCUT2D eigenvalue weighted by molar-refractivity contribution is 4.89. The van der Waals surface area contributed by atoms with Crippen molar-refractivity contribution in [3.05, 3.63) is 0 Å². The summed E-state index contributed by atoms with van der Waals surface area (Å²) < 4.78 is 5.49. The molecule has 2 fully saturated rings. The molecule has 2 rings (SSSR count). The molecule has 0 aromatic heterocycles. The van der Waals surface area contributed by atoms with Crippen molar-refractivity contribution < 1.29 is 4.74 Å².